The molecule has 2 rings (SSSR count). The van der Waals surface area contributed by atoms with E-state index in [1.54, 1.807) is 31.2 Å². The molecule has 0 heterocycles. The fourth-order valence-electron chi connectivity index (χ4n) is 2.26. The third kappa shape index (κ3) is 4.53. The van der Waals surface area contributed by atoms with E-state index in [4.69, 9.17) is 5.11 Å². The summed E-state index contributed by atoms with van der Waals surface area (Å²) in [5, 5.41) is 11.8. The second kappa shape index (κ2) is 7.74. The summed E-state index contributed by atoms with van der Waals surface area (Å²) in [6.07, 6.45) is 0. The third-order valence-corrected chi connectivity index (χ3v) is 3.75. The number of anilines is 2. The summed E-state index contributed by atoms with van der Waals surface area (Å²) in [4.78, 5) is 14.2. The molecule has 0 spiro atoms. The van der Waals surface area contributed by atoms with Crippen molar-refractivity contribution in [1.82, 2.24) is 0 Å². The molecule has 0 saturated carbocycles. The van der Waals surface area contributed by atoms with E-state index in [-0.39, 0.29) is 18.3 Å². The highest BCUT2D eigenvalue weighted by Gasteiger charge is 2.16. The van der Waals surface area contributed by atoms with Gasteiger partial charge in [-0.15, -0.1) is 0 Å². The maximum Gasteiger partial charge on any atom is 0.231 e. The van der Waals surface area contributed by atoms with Gasteiger partial charge in [-0.25, -0.2) is 4.39 Å². The van der Waals surface area contributed by atoms with E-state index in [9.17, 15) is 9.18 Å². The van der Waals surface area contributed by atoms with E-state index >= 15 is 0 Å². The van der Waals surface area contributed by atoms with E-state index < -0.39 is 5.92 Å². The molecule has 0 aliphatic carbocycles. The number of benzene rings is 2. The van der Waals surface area contributed by atoms with Crippen molar-refractivity contribution in [2.45, 2.75) is 12.8 Å². The van der Waals surface area contributed by atoms with Gasteiger partial charge in [-0.05, 0) is 48.9 Å². The van der Waals surface area contributed by atoms with E-state index in [1.807, 2.05) is 24.1 Å². The van der Waals surface area contributed by atoms with Gasteiger partial charge >= 0.3 is 0 Å². The summed E-state index contributed by atoms with van der Waals surface area (Å²) < 4.78 is 13.2. The summed E-state index contributed by atoms with van der Waals surface area (Å²) in [5.74, 6) is -0.979. The van der Waals surface area contributed by atoms with Gasteiger partial charge in [0.2, 0.25) is 5.91 Å². The number of hydrogen-bond donors (Lipinski definition) is 2. The van der Waals surface area contributed by atoms with Crippen LogP contribution in [-0.2, 0) is 4.79 Å². The van der Waals surface area contributed by atoms with Crippen molar-refractivity contribution in [2.75, 3.05) is 30.4 Å². The largest absolute Gasteiger partial charge is 0.395 e. The third-order valence-electron chi connectivity index (χ3n) is 3.75. The van der Waals surface area contributed by atoms with E-state index in [0.717, 1.165) is 5.69 Å². The average Bonchev–Trinajstić information content (AvgIpc) is 2.55. The molecule has 0 aliphatic rings. The summed E-state index contributed by atoms with van der Waals surface area (Å²) >= 11 is 0. The van der Waals surface area contributed by atoms with Gasteiger partial charge in [0.1, 0.15) is 5.82 Å². The van der Waals surface area contributed by atoms with Crippen LogP contribution in [0.5, 0.6) is 0 Å². The number of aliphatic hydroxyl groups excluding tert-OH is 1. The lowest BCUT2D eigenvalue weighted by Crippen LogP contribution is -2.21. The zero-order valence-corrected chi connectivity index (χ0v) is 13.3. The van der Waals surface area contributed by atoms with Crippen LogP contribution in [0.2, 0.25) is 0 Å². The monoisotopic (exact) mass is 316 g/mol. The fourth-order valence-corrected chi connectivity index (χ4v) is 2.26. The first-order valence-electron chi connectivity index (χ1n) is 7.49. The SMILES string of the molecule is CC(C(=O)Nc1ccc(N(C)CCO)cc1)c1cccc(F)c1. The number of aliphatic hydroxyl groups is 1. The Labute approximate surface area is 135 Å². The van der Waals surface area contributed by atoms with Crippen molar-refractivity contribution < 1.29 is 14.3 Å². The maximum atomic E-state index is 13.2. The molecule has 4 nitrogen and oxygen atoms in total. The molecule has 0 aromatic heterocycles. The van der Waals surface area contributed by atoms with Gasteiger partial charge in [0.25, 0.3) is 0 Å². The Morgan fingerprint density at radius 3 is 2.57 bits per heavy atom. The molecule has 0 fully saturated rings. The van der Waals surface area contributed by atoms with Crippen LogP contribution in [0.25, 0.3) is 0 Å². The van der Waals surface area contributed by atoms with Gasteiger partial charge in [-0.1, -0.05) is 12.1 Å². The zero-order chi connectivity index (χ0) is 16.8. The highest BCUT2D eigenvalue weighted by Crippen LogP contribution is 2.21. The molecule has 0 saturated heterocycles. The van der Waals surface area contributed by atoms with Crippen LogP contribution in [0.1, 0.15) is 18.4 Å². The molecule has 0 bridgehead atoms. The molecule has 2 aromatic carbocycles. The summed E-state index contributed by atoms with van der Waals surface area (Å²) in [7, 11) is 1.88. The number of hydrogen-bond acceptors (Lipinski definition) is 3. The minimum atomic E-state index is -0.442. The van der Waals surface area contributed by atoms with E-state index in [2.05, 4.69) is 5.32 Å². The van der Waals surface area contributed by atoms with Gasteiger partial charge in [-0.2, -0.15) is 0 Å². The number of rotatable bonds is 6. The lowest BCUT2D eigenvalue weighted by Gasteiger charge is -2.18. The van der Waals surface area contributed by atoms with Crippen LogP contribution in [0.4, 0.5) is 15.8 Å². The van der Waals surface area contributed by atoms with Crippen molar-refractivity contribution >= 4 is 17.3 Å². The molecule has 2 aromatic rings. The fraction of sp³-hybridized carbons (Fsp3) is 0.278. The van der Waals surface area contributed by atoms with Crippen LogP contribution in [0.3, 0.4) is 0 Å². The lowest BCUT2D eigenvalue weighted by atomic mass is 10.0. The predicted molar refractivity (Wildman–Crippen MR) is 90.2 cm³/mol. The van der Waals surface area contributed by atoms with Gasteiger partial charge < -0.3 is 15.3 Å². The average molecular weight is 316 g/mol. The van der Waals surface area contributed by atoms with Crippen LogP contribution < -0.4 is 10.2 Å². The number of carbonyl (C=O) groups is 1. The highest BCUT2D eigenvalue weighted by molar-refractivity contribution is 5.95. The van der Waals surface area contributed by atoms with Crippen molar-refractivity contribution in [2.24, 2.45) is 0 Å². The van der Waals surface area contributed by atoms with E-state index in [0.29, 0.717) is 17.8 Å². The zero-order valence-electron chi connectivity index (χ0n) is 13.3. The quantitative estimate of drug-likeness (QED) is 0.861. The minimum Gasteiger partial charge on any atom is -0.395 e. The van der Waals surface area contributed by atoms with Gasteiger partial charge in [0.05, 0.1) is 12.5 Å². The number of carbonyl (C=O) groups excluding carboxylic acids is 1. The van der Waals surface area contributed by atoms with Crippen molar-refractivity contribution in [3.05, 3.63) is 59.9 Å². The second-order valence-corrected chi connectivity index (χ2v) is 5.46. The number of nitrogens with one attached hydrogen (secondary N) is 1. The van der Waals surface area contributed by atoms with Crippen LogP contribution in [0, 0.1) is 5.82 Å². The Balaban J connectivity index is 2.02. The van der Waals surface area contributed by atoms with Crippen molar-refractivity contribution in [1.29, 1.82) is 0 Å². The summed E-state index contributed by atoms with van der Waals surface area (Å²) in [5.41, 5.74) is 2.27. The molecule has 122 valence electrons. The summed E-state index contributed by atoms with van der Waals surface area (Å²) in [6.45, 7) is 2.37. The smallest absolute Gasteiger partial charge is 0.231 e. The minimum absolute atomic E-state index is 0.0835. The molecule has 1 atom stereocenters. The molecule has 1 amide bonds. The molecule has 2 N–H and O–H groups in total. The second-order valence-electron chi connectivity index (χ2n) is 5.46. The van der Waals surface area contributed by atoms with Gasteiger partial charge in [-0.3, -0.25) is 4.79 Å². The molecule has 1 unspecified atom stereocenters. The molecule has 0 aliphatic heterocycles. The molecular formula is C18H21FN2O2. The molecular weight excluding hydrogens is 295 g/mol. The Morgan fingerprint density at radius 1 is 1.26 bits per heavy atom. The Hall–Kier alpha value is -2.40. The first kappa shape index (κ1) is 17.0. The first-order chi connectivity index (χ1) is 11.0. The first-order valence-corrected chi connectivity index (χ1v) is 7.49. The van der Waals surface area contributed by atoms with Crippen molar-refractivity contribution in [3.63, 3.8) is 0 Å². The standard InChI is InChI=1S/C18H21FN2O2/c1-13(14-4-3-5-15(19)12-14)18(23)20-16-6-8-17(9-7-16)21(2)10-11-22/h3-9,12-13,22H,10-11H2,1-2H3,(H,20,23). The number of amides is 1. The number of nitrogens with zero attached hydrogens (tertiary/aromatic N) is 1. The molecule has 23 heavy (non-hydrogen) atoms. The number of likely N-dealkylation sites (N-methyl/N-ethyl adjacent to an activating group) is 1. The normalized spacial score (nSPS) is 11.8. The number of halogens is 1. The van der Waals surface area contributed by atoms with Crippen molar-refractivity contribution in [3.8, 4) is 0 Å². The molecule has 5 heteroatoms. The topological polar surface area (TPSA) is 52.6 Å². The Bertz CT molecular complexity index is 658. The van der Waals surface area contributed by atoms with Gasteiger partial charge in [0, 0.05) is 25.0 Å². The Kier molecular flexibility index (Phi) is 5.71. The Morgan fingerprint density at radius 2 is 1.96 bits per heavy atom. The van der Waals surface area contributed by atoms with Gasteiger partial charge in [0.15, 0.2) is 0 Å². The lowest BCUT2D eigenvalue weighted by molar-refractivity contribution is -0.117. The highest BCUT2D eigenvalue weighted by atomic mass is 19.1. The molecule has 0 radical (unpaired) electrons. The van der Waals surface area contributed by atoms with E-state index in [1.165, 1.54) is 12.1 Å². The maximum absolute atomic E-state index is 13.2. The predicted octanol–water partition coefficient (Wildman–Crippen LogP) is 3.00. The summed E-state index contributed by atoms with van der Waals surface area (Å²) in [6, 6.07) is 13.4. The van der Waals surface area contributed by atoms with Crippen LogP contribution in [0.15, 0.2) is 48.5 Å². The van der Waals surface area contributed by atoms with Crippen LogP contribution >= 0.6 is 0 Å². The van der Waals surface area contributed by atoms with Crippen LogP contribution in [-0.4, -0.2) is 31.2 Å².